The van der Waals surface area contributed by atoms with Crippen molar-refractivity contribution in [3.8, 4) is 0 Å². The van der Waals surface area contributed by atoms with E-state index >= 15 is 0 Å². The predicted molar refractivity (Wildman–Crippen MR) is 56.5 cm³/mol. The first-order chi connectivity index (χ1) is 7.07. The van der Waals surface area contributed by atoms with Gasteiger partial charge in [-0.2, -0.15) is 0 Å². The maximum Gasteiger partial charge on any atom is 0.326 e. The number of rotatable bonds is 6. The molecular weight excluding hydrogens is 194 g/mol. The first-order valence-electron chi connectivity index (χ1n) is 5.62. The lowest BCUT2D eigenvalue weighted by molar-refractivity contribution is -0.150. The van der Waals surface area contributed by atoms with Crippen molar-refractivity contribution < 1.29 is 14.7 Å². The first-order valence-corrected chi connectivity index (χ1v) is 5.62. The fourth-order valence-electron chi connectivity index (χ4n) is 1.66. The van der Waals surface area contributed by atoms with E-state index in [9.17, 15) is 9.59 Å². The normalized spacial score (nSPS) is 17.2. The molecule has 0 heterocycles. The van der Waals surface area contributed by atoms with E-state index in [1.165, 1.54) is 0 Å². The fraction of sp³-hybridized carbons (Fsp3) is 0.818. The van der Waals surface area contributed by atoms with Crippen LogP contribution in [0, 0.1) is 0 Å². The molecule has 1 atom stereocenters. The Labute approximate surface area is 90.3 Å². The zero-order chi connectivity index (χ0) is 11.4. The van der Waals surface area contributed by atoms with E-state index in [0.29, 0.717) is 6.42 Å². The van der Waals surface area contributed by atoms with Gasteiger partial charge in [0, 0.05) is 12.5 Å². The molecule has 0 aromatic rings. The summed E-state index contributed by atoms with van der Waals surface area (Å²) in [6, 6.07) is -0.498. The van der Waals surface area contributed by atoms with Gasteiger partial charge in [0.2, 0.25) is 5.91 Å². The smallest absolute Gasteiger partial charge is 0.326 e. The molecule has 0 spiro atoms. The van der Waals surface area contributed by atoms with Crippen LogP contribution >= 0.6 is 0 Å². The van der Waals surface area contributed by atoms with Crippen LogP contribution in [-0.2, 0) is 9.59 Å². The van der Waals surface area contributed by atoms with Crippen LogP contribution in [0.5, 0.6) is 0 Å². The van der Waals surface area contributed by atoms with Gasteiger partial charge in [0.15, 0.2) is 0 Å². The summed E-state index contributed by atoms with van der Waals surface area (Å²) < 4.78 is 0. The molecule has 1 fully saturated rings. The summed E-state index contributed by atoms with van der Waals surface area (Å²) in [5.41, 5.74) is 0. The van der Waals surface area contributed by atoms with Crippen LogP contribution in [-0.4, -0.2) is 34.0 Å². The third kappa shape index (κ3) is 3.22. The van der Waals surface area contributed by atoms with Crippen molar-refractivity contribution in [3.05, 3.63) is 0 Å². The van der Waals surface area contributed by atoms with Gasteiger partial charge in [-0.3, -0.25) is 4.79 Å². The number of carboxylic acids is 1. The molecule has 0 aromatic heterocycles. The second kappa shape index (κ2) is 5.14. The maximum absolute atomic E-state index is 11.8. The van der Waals surface area contributed by atoms with Crippen LogP contribution in [0.25, 0.3) is 0 Å². The summed E-state index contributed by atoms with van der Waals surface area (Å²) in [6.07, 6.45) is 4.19. The second-order valence-electron chi connectivity index (χ2n) is 4.15. The molecule has 0 radical (unpaired) electrons. The zero-order valence-corrected chi connectivity index (χ0v) is 9.40. The quantitative estimate of drug-likeness (QED) is 0.729. The third-order valence-corrected chi connectivity index (χ3v) is 2.75. The van der Waals surface area contributed by atoms with E-state index in [4.69, 9.17) is 5.11 Å². The molecule has 0 aromatic carbocycles. The van der Waals surface area contributed by atoms with Crippen molar-refractivity contribution in [1.82, 2.24) is 4.90 Å². The molecule has 4 heteroatoms. The van der Waals surface area contributed by atoms with Crippen molar-refractivity contribution in [1.29, 1.82) is 0 Å². The molecular formula is C11H19NO3. The number of amides is 1. The Morgan fingerprint density at radius 3 is 2.47 bits per heavy atom. The minimum Gasteiger partial charge on any atom is -0.480 e. The molecule has 1 amide bonds. The lowest BCUT2D eigenvalue weighted by Gasteiger charge is -2.26. The highest BCUT2D eigenvalue weighted by Crippen LogP contribution is 2.29. The molecule has 4 nitrogen and oxygen atoms in total. The molecule has 15 heavy (non-hydrogen) atoms. The van der Waals surface area contributed by atoms with E-state index < -0.39 is 12.0 Å². The highest BCUT2D eigenvalue weighted by molar-refractivity contribution is 5.83. The highest BCUT2D eigenvalue weighted by Gasteiger charge is 2.37. The highest BCUT2D eigenvalue weighted by atomic mass is 16.4. The van der Waals surface area contributed by atoms with Crippen molar-refractivity contribution in [2.24, 2.45) is 0 Å². The Hall–Kier alpha value is -1.06. The topological polar surface area (TPSA) is 57.6 Å². The fourth-order valence-corrected chi connectivity index (χ4v) is 1.66. The number of unbranched alkanes of at least 4 members (excludes halogenated alkanes) is 1. The molecule has 86 valence electrons. The lowest BCUT2D eigenvalue weighted by Crippen LogP contribution is -2.44. The molecule has 0 aliphatic heterocycles. The molecule has 1 N–H and O–H groups in total. The van der Waals surface area contributed by atoms with Crippen LogP contribution in [0.2, 0.25) is 0 Å². The Balaban J connectivity index is 2.56. The van der Waals surface area contributed by atoms with E-state index in [0.717, 1.165) is 25.7 Å². The minimum absolute atomic E-state index is 0.00532. The van der Waals surface area contributed by atoms with Gasteiger partial charge in [-0.15, -0.1) is 0 Å². The van der Waals surface area contributed by atoms with E-state index in [1.807, 2.05) is 6.92 Å². The van der Waals surface area contributed by atoms with Crippen LogP contribution < -0.4 is 0 Å². The average molecular weight is 213 g/mol. The van der Waals surface area contributed by atoms with Gasteiger partial charge in [0.1, 0.15) is 6.04 Å². The summed E-state index contributed by atoms with van der Waals surface area (Å²) in [6.45, 7) is 3.61. The van der Waals surface area contributed by atoms with Gasteiger partial charge >= 0.3 is 5.97 Å². The Morgan fingerprint density at radius 1 is 1.47 bits per heavy atom. The number of hydrogen-bond donors (Lipinski definition) is 1. The van der Waals surface area contributed by atoms with Crippen LogP contribution in [0.3, 0.4) is 0 Å². The standard InChI is InChI=1S/C11H19NO3/c1-3-4-5-10(13)12(9-6-7-9)8(2)11(14)15/h8-9H,3-7H2,1-2H3,(H,14,15). The average Bonchev–Trinajstić information content (AvgIpc) is 2.98. The minimum atomic E-state index is -0.910. The van der Waals surface area contributed by atoms with Crippen LogP contribution in [0.1, 0.15) is 46.0 Å². The SMILES string of the molecule is CCCCC(=O)N(C1CC1)C(C)C(=O)O. The van der Waals surface area contributed by atoms with E-state index in [-0.39, 0.29) is 11.9 Å². The monoisotopic (exact) mass is 213 g/mol. The largest absolute Gasteiger partial charge is 0.480 e. The summed E-state index contributed by atoms with van der Waals surface area (Å²) >= 11 is 0. The number of carboxylic acid groups (broad SMARTS) is 1. The number of carbonyl (C=O) groups excluding carboxylic acids is 1. The number of hydrogen-bond acceptors (Lipinski definition) is 2. The first kappa shape index (κ1) is 12.0. The summed E-state index contributed by atoms with van der Waals surface area (Å²) in [5, 5.41) is 8.91. The predicted octanol–water partition coefficient (Wildman–Crippen LogP) is 1.64. The van der Waals surface area contributed by atoms with Gasteiger partial charge in [0.25, 0.3) is 0 Å². The Kier molecular flexibility index (Phi) is 4.12. The van der Waals surface area contributed by atoms with Gasteiger partial charge in [-0.1, -0.05) is 13.3 Å². The van der Waals surface area contributed by atoms with Crippen LogP contribution in [0.4, 0.5) is 0 Å². The molecule has 1 aliphatic rings. The van der Waals surface area contributed by atoms with Crippen molar-refractivity contribution in [2.45, 2.75) is 58.0 Å². The molecule has 0 bridgehead atoms. The number of carbonyl (C=O) groups is 2. The second-order valence-corrected chi connectivity index (χ2v) is 4.15. The van der Waals surface area contributed by atoms with Crippen molar-refractivity contribution in [2.75, 3.05) is 0 Å². The summed E-state index contributed by atoms with van der Waals surface area (Å²) in [4.78, 5) is 24.2. The molecule has 1 aliphatic carbocycles. The Bertz CT molecular complexity index is 248. The van der Waals surface area contributed by atoms with Gasteiger partial charge < -0.3 is 10.0 Å². The maximum atomic E-state index is 11.8. The molecule has 1 rings (SSSR count). The summed E-state index contributed by atoms with van der Waals surface area (Å²) in [7, 11) is 0. The van der Waals surface area contributed by atoms with Crippen molar-refractivity contribution >= 4 is 11.9 Å². The molecule has 1 saturated carbocycles. The zero-order valence-electron chi connectivity index (χ0n) is 9.40. The molecule has 0 saturated heterocycles. The van der Waals surface area contributed by atoms with E-state index in [1.54, 1.807) is 11.8 Å². The van der Waals surface area contributed by atoms with Crippen molar-refractivity contribution in [3.63, 3.8) is 0 Å². The number of aliphatic carboxylic acids is 1. The molecule has 1 unspecified atom stereocenters. The van der Waals surface area contributed by atoms with Gasteiger partial charge in [-0.05, 0) is 26.2 Å². The lowest BCUT2D eigenvalue weighted by atomic mass is 10.2. The van der Waals surface area contributed by atoms with Crippen LogP contribution in [0.15, 0.2) is 0 Å². The summed E-state index contributed by atoms with van der Waals surface area (Å²) in [5.74, 6) is -0.916. The van der Waals surface area contributed by atoms with Gasteiger partial charge in [-0.25, -0.2) is 4.79 Å². The van der Waals surface area contributed by atoms with Gasteiger partial charge in [0.05, 0.1) is 0 Å². The number of nitrogens with zero attached hydrogens (tertiary/aromatic N) is 1. The third-order valence-electron chi connectivity index (χ3n) is 2.75. The Morgan fingerprint density at radius 2 is 2.07 bits per heavy atom. The van der Waals surface area contributed by atoms with E-state index in [2.05, 4.69) is 0 Å².